The zero-order valence-corrected chi connectivity index (χ0v) is 14.8. The fourth-order valence-corrected chi connectivity index (χ4v) is 2.80. The summed E-state index contributed by atoms with van der Waals surface area (Å²) in [5.41, 5.74) is 0.664. The fraction of sp³-hybridized carbons (Fsp3) is 0.444. The lowest BCUT2D eigenvalue weighted by Crippen LogP contribution is -2.40. The molecular weight excluding hydrogens is 309 g/mol. The van der Waals surface area contributed by atoms with Crippen LogP contribution in [0.1, 0.15) is 37.9 Å². The van der Waals surface area contributed by atoms with Gasteiger partial charge in [-0.15, -0.1) is 0 Å². The van der Waals surface area contributed by atoms with E-state index < -0.39 is 0 Å². The van der Waals surface area contributed by atoms with Crippen LogP contribution in [0.5, 0.6) is 0 Å². The van der Waals surface area contributed by atoms with Gasteiger partial charge in [0.05, 0.1) is 0 Å². The summed E-state index contributed by atoms with van der Waals surface area (Å²) in [6, 6.07) is 6.29. The Morgan fingerprint density at radius 3 is 2.25 bits per heavy atom. The van der Waals surface area contributed by atoms with Crippen molar-refractivity contribution >= 4 is 0 Å². The van der Waals surface area contributed by atoms with Crippen molar-refractivity contribution in [2.24, 2.45) is 19.5 Å². The molecule has 0 saturated carbocycles. The summed E-state index contributed by atoms with van der Waals surface area (Å²) in [7, 11) is 3.09. The average Bonchev–Trinajstić information content (AvgIpc) is 2.50. The van der Waals surface area contributed by atoms with E-state index in [2.05, 4.69) is 26.1 Å². The predicted molar refractivity (Wildman–Crippen MR) is 92.4 cm³/mol. The monoisotopic (exact) mass is 333 g/mol. The van der Waals surface area contributed by atoms with Crippen LogP contribution >= 0.6 is 0 Å². The standard InChI is InChI=1S/C18H24FN3O2/c1-18(2,3)15(12-6-8-14(19)9-7-12)20-10-13-11-21(4)17(24)22(5)16(13)23/h6-9,11,15,20H,10H2,1-5H3. The van der Waals surface area contributed by atoms with Crippen LogP contribution in [0.2, 0.25) is 0 Å². The van der Waals surface area contributed by atoms with E-state index in [1.54, 1.807) is 25.4 Å². The lowest BCUT2D eigenvalue weighted by molar-refractivity contribution is 0.270. The third-order valence-electron chi connectivity index (χ3n) is 4.08. The minimum absolute atomic E-state index is 0.0694. The molecule has 1 aromatic carbocycles. The van der Waals surface area contributed by atoms with E-state index in [1.807, 2.05) is 0 Å². The third-order valence-corrected chi connectivity index (χ3v) is 4.08. The largest absolute Gasteiger partial charge is 0.330 e. The highest BCUT2D eigenvalue weighted by molar-refractivity contribution is 5.22. The summed E-state index contributed by atoms with van der Waals surface area (Å²) in [4.78, 5) is 24.0. The minimum Gasteiger partial charge on any atom is -0.305 e. The van der Waals surface area contributed by atoms with Crippen molar-refractivity contribution < 1.29 is 4.39 Å². The topological polar surface area (TPSA) is 56.0 Å². The summed E-state index contributed by atoms with van der Waals surface area (Å²) in [6.45, 7) is 6.55. The fourth-order valence-electron chi connectivity index (χ4n) is 2.80. The SMILES string of the molecule is Cn1cc(CNC(c2ccc(F)cc2)C(C)(C)C)c(=O)n(C)c1=O. The lowest BCUT2D eigenvalue weighted by Gasteiger charge is -2.32. The highest BCUT2D eigenvalue weighted by atomic mass is 19.1. The molecule has 0 fully saturated rings. The first-order chi connectivity index (χ1) is 11.1. The van der Waals surface area contributed by atoms with E-state index in [1.165, 1.54) is 23.7 Å². The molecule has 130 valence electrons. The normalized spacial score (nSPS) is 13.1. The first kappa shape index (κ1) is 18.1. The van der Waals surface area contributed by atoms with Gasteiger partial charge in [-0.2, -0.15) is 0 Å². The molecule has 6 heteroatoms. The van der Waals surface area contributed by atoms with Crippen molar-refractivity contribution in [3.63, 3.8) is 0 Å². The van der Waals surface area contributed by atoms with Gasteiger partial charge in [0.25, 0.3) is 5.56 Å². The van der Waals surface area contributed by atoms with E-state index in [0.717, 1.165) is 10.1 Å². The van der Waals surface area contributed by atoms with E-state index >= 15 is 0 Å². The Labute approximate surface area is 140 Å². The third kappa shape index (κ3) is 3.82. The quantitative estimate of drug-likeness (QED) is 0.932. The molecule has 1 unspecified atom stereocenters. The molecule has 1 atom stereocenters. The molecule has 5 nitrogen and oxygen atoms in total. The maximum absolute atomic E-state index is 13.2. The van der Waals surface area contributed by atoms with Crippen molar-refractivity contribution in [3.05, 3.63) is 68.2 Å². The maximum Gasteiger partial charge on any atom is 0.330 e. The second-order valence-corrected chi connectivity index (χ2v) is 7.14. The van der Waals surface area contributed by atoms with E-state index in [9.17, 15) is 14.0 Å². The van der Waals surface area contributed by atoms with Crippen LogP contribution in [0.25, 0.3) is 0 Å². The van der Waals surface area contributed by atoms with Gasteiger partial charge >= 0.3 is 5.69 Å². The number of halogens is 1. The van der Waals surface area contributed by atoms with Gasteiger partial charge < -0.3 is 9.88 Å². The Kier molecular flexibility index (Phi) is 5.08. The van der Waals surface area contributed by atoms with Crippen LogP contribution in [0, 0.1) is 11.2 Å². The van der Waals surface area contributed by atoms with E-state index in [4.69, 9.17) is 0 Å². The van der Waals surface area contributed by atoms with Gasteiger partial charge in [0, 0.05) is 38.4 Å². The Morgan fingerprint density at radius 1 is 1.12 bits per heavy atom. The Balaban J connectivity index is 2.31. The smallest absolute Gasteiger partial charge is 0.305 e. The van der Waals surface area contributed by atoms with Crippen LogP contribution in [-0.4, -0.2) is 9.13 Å². The molecule has 1 N–H and O–H groups in total. The van der Waals surface area contributed by atoms with Crippen LogP contribution in [0.15, 0.2) is 40.1 Å². The van der Waals surface area contributed by atoms with Crippen molar-refractivity contribution in [1.29, 1.82) is 0 Å². The van der Waals surface area contributed by atoms with Gasteiger partial charge in [0.2, 0.25) is 0 Å². The number of benzene rings is 1. The van der Waals surface area contributed by atoms with Gasteiger partial charge in [0.1, 0.15) is 5.82 Å². The molecule has 0 aliphatic heterocycles. The summed E-state index contributed by atoms with van der Waals surface area (Å²) in [5.74, 6) is -0.279. The molecule has 0 radical (unpaired) electrons. The maximum atomic E-state index is 13.2. The van der Waals surface area contributed by atoms with Gasteiger partial charge in [0.15, 0.2) is 0 Å². The molecule has 1 aromatic heterocycles. The van der Waals surface area contributed by atoms with Crippen LogP contribution in [0.3, 0.4) is 0 Å². The van der Waals surface area contributed by atoms with E-state index in [-0.39, 0.29) is 28.5 Å². The second kappa shape index (κ2) is 6.73. The summed E-state index contributed by atoms with van der Waals surface area (Å²) in [6.07, 6.45) is 1.56. The van der Waals surface area contributed by atoms with Crippen LogP contribution < -0.4 is 16.6 Å². The number of rotatable bonds is 4. The summed E-state index contributed by atoms with van der Waals surface area (Å²) >= 11 is 0. The van der Waals surface area contributed by atoms with Crippen molar-refractivity contribution in [3.8, 4) is 0 Å². The highest BCUT2D eigenvalue weighted by Gasteiger charge is 2.26. The van der Waals surface area contributed by atoms with Crippen LogP contribution in [0.4, 0.5) is 4.39 Å². The second-order valence-electron chi connectivity index (χ2n) is 7.14. The van der Waals surface area contributed by atoms with Gasteiger partial charge in [-0.05, 0) is 23.1 Å². The van der Waals surface area contributed by atoms with Gasteiger partial charge in [-0.3, -0.25) is 9.36 Å². The number of aryl methyl sites for hydroxylation is 1. The molecule has 0 amide bonds. The zero-order chi connectivity index (χ0) is 18.1. The number of aromatic nitrogens is 2. The molecule has 0 aliphatic rings. The molecular formula is C18H24FN3O2. The molecule has 0 saturated heterocycles. The summed E-state index contributed by atoms with van der Waals surface area (Å²) in [5, 5.41) is 3.38. The average molecular weight is 333 g/mol. The number of hydrogen-bond donors (Lipinski definition) is 1. The minimum atomic E-state index is -0.352. The first-order valence-electron chi connectivity index (χ1n) is 7.85. The van der Waals surface area contributed by atoms with Gasteiger partial charge in [-0.25, -0.2) is 9.18 Å². The van der Waals surface area contributed by atoms with Gasteiger partial charge in [-0.1, -0.05) is 32.9 Å². The zero-order valence-electron chi connectivity index (χ0n) is 14.8. The summed E-state index contributed by atoms with van der Waals surface area (Å²) < 4.78 is 15.7. The molecule has 0 spiro atoms. The Hall–Kier alpha value is -2.21. The Morgan fingerprint density at radius 2 is 1.71 bits per heavy atom. The highest BCUT2D eigenvalue weighted by Crippen LogP contribution is 2.32. The number of nitrogens with one attached hydrogen (secondary N) is 1. The first-order valence-corrected chi connectivity index (χ1v) is 7.85. The lowest BCUT2D eigenvalue weighted by atomic mass is 9.82. The molecule has 24 heavy (non-hydrogen) atoms. The molecule has 0 aliphatic carbocycles. The number of hydrogen-bond acceptors (Lipinski definition) is 3. The predicted octanol–water partition coefficient (Wildman–Crippen LogP) is 2.10. The van der Waals surface area contributed by atoms with Crippen molar-refractivity contribution in [2.75, 3.05) is 0 Å². The molecule has 2 aromatic rings. The number of nitrogens with zero attached hydrogens (tertiary/aromatic N) is 2. The Bertz CT molecular complexity index is 829. The molecule has 1 heterocycles. The molecule has 0 bridgehead atoms. The van der Waals surface area contributed by atoms with E-state index in [0.29, 0.717) is 12.1 Å². The van der Waals surface area contributed by atoms with Crippen molar-refractivity contribution in [2.45, 2.75) is 33.4 Å². The van der Waals surface area contributed by atoms with Crippen LogP contribution in [-0.2, 0) is 20.6 Å². The van der Waals surface area contributed by atoms with Crippen molar-refractivity contribution in [1.82, 2.24) is 14.5 Å². The molecule has 2 rings (SSSR count).